The molecule has 2 N–H and O–H groups in total. The molecule has 0 unspecified atom stereocenters. The van der Waals surface area contributed by atoms with Gasteiger partial charge in [0.2, 0.25) is 15.3 Å². The Labute approximate surface area is 214 Å². The average molecular weight is 511 g/mol. The molecule has 0 aliphatic rings. The van der Waals surface area contributed by atoms with Crippen LogP contribution in [0.25, 0.3) is 11.3 Å². The highest BCUT2D eigenvalue weighted by molar-refractivity contribution is 7.73. The number of amides is 2. The molecule has 0 aliphatic heterocycles. The van der Waals surface area contributed by atoms with E-state index in [1.54, 1.807) is 30.6 Å². The maximum atomic E-state index is 12.3. The summed E-state index contributed by atoms with van der Waals surface area (Å²) >= 11 is 0. The first kappa shape index (κ1) is 27.2. The van der Waals surface area contributed by atoms with Gasteiger partial charge in [0.1, 0.15) is 0 Å². The summed E-state index contributed by atoms with van der Waals surface area (Å²) in [5, 5.41) is 5.36. The lowest BCUT2D eigenvalue weighted by Gasteiger charge is -2.13. The van der Waals surface area contributed by atoms with Crippen molar-refractivity contribution in [2.45, 2.75) is 52.5 Å². The molecule has 1 heterocycles. The molecule has 9 heteroatoms. The minimum atomic E-state index is -2.61. The second-order valence-corrected chi connectivity index (χ2v) is 9.29. The molecule has 0 saturated heterocycles. The Morgan fingerprint density at radius 2 is 1.75 bits per heavy atom. The number of anilines is 1. The summed E-state index contributed by atoms with van der Waals surface area (Å²) < 4.78 is 31.7. The number of benzene rings is 2. The van der Waals surface area contributed by atoms with Crippen LogP contribution < -0.4 is 10.6 Å². The predicted molar refractivity (Wildman–Crippen MR) is 144 cm³/mol. The normalized spacial score (nSPS) is 10.7. The number of nitrogens with one attached hydrogen (secondary N) is 2. The topological polar surface area (TPSA) is 102 Å². The molecule has 3 rings (SSSR count). The van der Waals surface area contributed by atoms with Crippen molar-refractivity contribution >= 4 is 27.1 Å². The number of aryl methyl sites for hydroxylation is 1. The molecule has 1 aromatic heterocycles. The number of urea groups is 1. The van der Waals surface area contributed by atoms with Gasteiger partial charge in [-0.15, -0.1) is 0 Å². The van der Waals surface area contributed by atoms with Crippen LogP contribution in [0.5, 0.6) is 0 Å². The molecule has 0 bridgehead atoms. The Hall–Kier alpha value is -3.43. The number of unbranched alkanes of at least 4 members (excludes halogenated alkanes) is 3. The van der Waals surface area contributed by atoms with Crippen LogP contribution in [0.1, 0.15) is 50.3 Å². The third kappa shape index (κ3) is 7.79. The van der Waals surface area contributed by atoms with Crippen LogP contribution in [-0.2, 0) is 21.6 Å². The van der Waals surface area contributed by atoms with Gasteiger partial charge in [0.25, 0.3) is 0 Å². The van der Waals surface area contributed by atoms with E-state index < -0.39 is 10.3 Å². The number of carbonyl (C=O) groups excluding carboxylic acids is 1. The lowest BCUT2D eigenvalue weighted by atomic mass is 10.1. The number of ether oxygens (including phenoxy) is 1. The third-order valence-electron chi connectivity index (χ3n) is 5.79. The number of imidazole rings is 1. The lowest BCUT2D eigenvalue weighted by Crippen LogP contribution is -2.30. The highest BCUT2D eigenvalue weighted by Gasteiger charge is 2.14. The van der Waals surface area contributed by atoms with Gasteiger partial charge in [-0.05, 0) is 31.9 Å². The molecule has 192 valence electrons. The zero-order chi connectivity index (χ0) is 25.8. The maximum absolute atomic E-state index is 12.3. The Kier molecular flexibility index (Phi) is 10.7. The van der Waals surface area contributed by atoms with Crippen molar-refractivity contribution in [3.63, 3.8) is 0 Å². The number of carbonyl (C=O) groups is 1. The molecule has 0 saturated carbocycles. The van der Waals surface area contributed by atoms with Gasteiger partial charge in [-0.25, -0.2) is 9.78 Å². The van der Waals surface area contributed by atoms with Gasteiger partial charge in [0, 0.05) is 29.9 Å². The minimum absolute atomic E-state index is 0.193. The van der Waals surface area contributed by atoms with Gasteiger partial charge < -0.3 is 19.9 Å². The Balaban J connectivity index is 1.58. The Morgan fingerprint density at radius 1 is 1.00 bits per heavy atom. The smallest absolute Gasteiger partial charge is 0.319 e. The number of aromatic nitrogens is 2. The first-order chi connectivity index (χ1) is 17.5. The van der Waals surface area contributed by atoms with Crippen molar-refractivity contribution in [1.29, 1.82) is 0 Å². The van der Waals surface area contributed by atoms with E-state index in [0.29, 0.717) is 30.8 Å². The van der Waals surface area contributed by atoms with Gasteiger partial charge in [0.15, 0.2) is 0 Å². The molecular weight excluding hydrogens is 476 g/mol. The fourth-order valence-electron chi connectivity index (χ4n) is 3.85. The van der Waals surface area contributed by atoms with Crippen molar-refractivity contribution in [1.82, 2.24) is 14.9 Å². The lowest BCUT2D eigenvalue weighted by molar-refractivity contribution is 0.252. The summed E-state index contributed by atoms with van der Waals surface area (Å²) in [5.41, 5.74) is 3.70. The largest absolute Gasteiger partial charge is 0.338 e. The van der Waals surface area contributed by atoms with Crippen molar-refractivity contribution in [2.75, 3.05) is 18.5 Å². The van der Waals surface area contributed by atoms with Crippen LogP contribution >= 0.6 is 0 Å². The van der Waals surface area contributed by atoms with Crippen LogP contribution in [-0.4, -0.2) is 42.2 Å². The molecule has 8 nitrogen and oxygen atoms in total. The third-order valence-corrected chi connectivity index (χ3v) is 6.43. The molecule has 0 spiro atoms. The molecule has 0 fully saturated rings. The first-order valence-electron chi connectivity index (χ1n) is 12.3. The van der Waals surface area contributed by atoms with E-state index in [0.717, 1.165) is 42.6 Å². The number of rotatable bonds is 12. The van der Waals surface area contributed by atoms with Crippen LogP contribution in [0.15, 0.2) is 60.9 Å². The van der Waals surface area contributed by atoms with Crippen molar-refractivity contribution < 1.29 is 17.9 Å². The number of hydrogen-bond acceptors (Lipinski definition) is 5. The summed E-state index contributed by atoms with van der Waals surface area (Å²) in [5.74, 6) is 0. The molecule has 3 aromatic rings. The monoisotopic (exact) mass is 510 g/mol. The van der Waals surface area contributed by atoms with Crippen molar-refractivity contribution in [2.24, 2.45) is 0 Å². The molecule has 0 aliphatic carbocycles. The zero-order valence-corrected chi connectivity index (χ0v) is 21.7. The minimum Gasteiger partial charge on any atom is -0.338 e. The predicted octanol–water partition coefficient (Wildman–Crippen LogP) is 5.02. The van der Waals surface area contributed by atoms with Crippen LogP contribution in [0.4, 0.5) is 10.5 Å². The molecule has 0 atom stereocenters. The van der Waals surface area contributed by atoms with E-state index in [4.69, 9.17) is 4.74 Å². The van der Waals surface area contributed by atoms with Crippen LogP contribution in [0.2, 0.25) is 0 Å². The number of hydrogen-bond donors (Lipinski definition) is 2. The molecule has 36 heavy (non-hydrogen) atoms. The van der Waals surface area contributed by atoms with Crippen molar-refractivity contribution in [3.05, 3.63) is 72.2 Å². The van der Waals surface area contributed by atoms with E-state index in [9.17, 15) is 13.2 Å². The molecule has 2 aromatic carbocycles. The van der Waals surface area contributed by atoms with Crippen molar-refractivity contribution in [3.8, 4) is 11.3 Å². The van der Waals surface area contributed by atoms with E-state index in [1.165, 1.54) is 0 Å². The Morgan fingerprint density at radius 3 is 2.50 bits per heavy atom. The number of para-hydroxylation sites is 1. The van der Waals surface area contributed by atoms with Gasteiger partial charge in [0.05, 0.1) is 24.3 Å². The first-order valence-corrected chi connectivity index (χ1v) is 13.4. The molecular formula is C27H34N4O4S. The van der Waals surface area contributed by atoms with Gasteiger partial charge in [-0.1, -0.05) is 68.7 Å². The standard InChI is InChI=1S/C27H34N4O4S/c1-3-4-5-11-17-28-27(32)30-24-16-10-9-15-23(24)26(36(33)34)35-19-12-18-31-20-29-25(21(31)2)22-13-7-6-8-14-22/h6-10,13-16,20H,3-5,11-12,17-19H2,1-2H3,(H2,28,30,32). The molecule has 2 amide bonds. The van der Waals surface area contributed by atoms with Gasteiger partial charge >= 0.3 is 6.03 Å². The summed E-state index contributed by atoms with van der Waals surface area (Å²) in [4.78, 5) is 16.8. The van der Waals surface area contributed by atoms with Crippen LogP contribution in [0, 0.1) is 6.92 Å². The maximum Gasteiger partial charge on any atom is 0.319 e. The fourth-order valence-corrected chi connectivity index (χ4v) is 4.39. The van der Waals surface area contributed by atoms with Crippen LogP contribution in [0.3, 0.4) is 0 Å². The van der Waals surface area contributed by atoms with Gasteiger partial charge in [-0.2, -0.15) is 8.42 Å². The summed E-state index contributed by atoms with van der Waals surface area (Å²) in [6.45, 7) is 5.53. The summed E-state index contributed by atoms with van der Waals surface area (Å²) in [6, 6.07) is 16.3. The summed E-state index contributed by atoms with van der Waals surface area (Å²) in [7, 11) is -2.61. The van der Waals surface area contributed by atoms with E-state index in [2.05, 4.69) is 22.5 Å². The quantitative estimate of drug-likeness (QED) is 0.263. The van der Waals surface area contributed by atoms with E-state index >= 15 is 0 Å². The fraction of sp³-hybridized carbons (Fsp3) is 0.370. The number of nitrogens with zero attached hydrogens (tertiary/aromatic N) is 2. The second-order valence-electron chi connectivity index (χ2n) is 8.45. The highest BCUT2D eigenvalue weighted by Crippen LogP contribution is 2.21. The average Bonchev–Trinajstić information content (AvgIpc) is 3.25. The highest BCUT2D eigenvalue weighted by atomic mass is 32.2. The van der Waals surface area contributed by atoms with E-state index in [-0.39, 0.29) is 17.7 Å². The summed E-state index contributed by atoms with van der Waals surface area (Å²) in [6.07, 6.45) is 6.58. The van der Waals surface area contributed by atoms with Gasteiger partial charge in [-0.3, -0.25) is 0 Å². The zero-order valence-electron chi connectivity index (χ0n) is 20.9. The SMILES string of the molecule is CCCCCCNC(=O)Nc1ccccc1C(OCCCn1cnc(-c2ccccc2)c1C)=S(=O)=O. The second kappa shape index (κ2) is 14.2. The van der Waals surface area contributed by atoms with E-state index in [1.807, 2.05) is 41.8 Å². The molecule has 0 radical (unpaired) electrons. The Bertz CT molecular complexity index is 1260.